The molecule has 2 heterocycles. The molecule has 0 bridgehead atoms. The number of para-hydroxylation sites is 1. The number of halogens is 1. The monoisotopic (exact) mass is 500 g/mol. The second kappa shape index (κ2) is 10.1. The van der Waals surface area contributed by atoms with E-state index in [0.717, 1.165) is 35.8 Å². The van der Waals surface area contributed by atoms with E-state index >= 15 is 0 Å². The summed E-state index contributed by atoms with van der Waals surface area (Å²) in [6.45, 7) is 6.92. The van der Waals surface area contributed by atoms with E-state index in [-0.39, 0.29) is 5.91 Å². The van der Waals surface area contributed by atoms with E-state index in [4.69, 9.17) is 21.4 Å². The molecule has 1 saturated heterocycles. The second-order valence-corrected chi connectivity index (χ2v) is 9.46. The van der Waals surface area contributed by atoms with Crippen molar-refractivity contribution in [2.24, 2.45) is 0 Å². The van der Waals surface area contributed by atoms with Gasteiger partial charge in [-0.2, -0.15) is 5.10 Å². The number of aryl methyl sites for hydroxylation is 2. The van der Waals surface area contributed by atoms with Gasteiger partial charge >= 0.3 is 0 Å². The first-order valence-corrected chi connectivity index (χ1v) is 12.4. The van der Waals surface area contributed by atoms with Gasteiger partial charge in [0.25, 0.3) is 5.91 Å². The minimum absolute atomic E-state index is 0.0492. The summed E-state index contributed by atoms with van der Waals surface area (Å²) in [5, 5.41) is 5.39. The van der Waals surface area contributed by atoms with Crippen LogP contribution in [-0.4, -0.2) is 53.9 Å². The van der Waals surface area contributed by atoms with Crippen molar-refractivity contribution in [3.63, 3.8) is 0 Å². The predicted molar refractivity (Wildman–Crippen MR) is 145 cm³/mol. The molecule has 36 heavy (non-hydrogen) atoms. The van der Waals surface area contributed by atoms with Crippen LogP contribution in [0.3, 0.4) is 0 Å². The molecular formula is C29H29ClN4O2. The summed E-state index contributed by atoms with van der Waals surface area (Å²) in [5.74, 6) is 0.784. The zero-order valence-electron chi connectivity index (χ0n) is 20.7. The van der Waals surface area contributed by atoms with E-state index < -0.39 is 0 Å². The highest BCUT2D eigenvalue weighted by molar-refractivity contribution is 6.32. The minimum atomic E-state index is -0.0492. The van der Waals surface area contributed by atoms with Crippen molar-refractivity contribution in [3.8, 4) is 22.7 Å². The average Bonchev–Trinajstić information content (AvgIpc) is 3.35. The van der Waals surface area contributed by atoms with Crippen molar-refractivity contribution in [3.05, 3.63) is 94.6 Å². The highest BCUT2D eigenvalue weighted by Crippen LogP contribution is 2.28. The Morgan fingerprint density at radius 2 is 1.61 bits per heavy atom. The highest BCUT2D eigenvalue weighted by Gasteiger charge is 2.27. The molecule has 1 aromatic heterocycles. The number of benzene rings is 3. The van der Waals surface area contributed by atoms with Crippen molar-refractivity contribution >= 4 is 23.2 Å². The van der Waals surface area contributed by atoms with Crippen LogP contribution in [0.15, 0.2) is 72.8 Å². The Balaban J connectivity index is 1.43. The zero-order chi connectivity index (χ0) is 25.2. The van der Waals surface area contributed by atoms with Gasteiger partial charge in [0.15, 0.2) is 0 Å². The van der Waals surface area contributed by atoms with E-state index in [1.807, 2.05) is 53.4 Å². The highest BCUT2D eigenvalue weighted by atomic mass is 35.5. The van der Waals surface area contributed by atoms with Gasteiger partial charge in [-0.1, -0.05) is 35.9 Å². The molecule has 0 spiro atoms. The molecule has 1 aliphatic heterocycles. The number of ether oxygens (including phenoxy) is 1. The third-order valence-electron chi connectivity index (χ3n) is 6.82. The standard InChI is InChI=1S/C29H29ClN4O2/c1-20-8-9-22(18-21(20)2)26-19-28(34(31-26)27-7-5-4-6-25(27)30)29(35)33-16-14-32(15-17-33)23-10-12-24(36-3)13-11-23/h4-13,18-19H,14-17H2,1-3H3. The largest absolute Gasteiger partial charge is 0.497 e. The van der Waals surface area contributed by atoms with Gasteiger partial charge in [-0.25, -0.2) is 4.68 Å². The molecule has 0 N–H and O–H groups in total. The molecule has 0 radical (unpaired) electrons. The summed E-state index contributed by atoms with van der Waals surface area (Å²) in [4.78, 5) is 18.0. The topological polar surface area (TPSA) is 50.6 Å². The molecule has 6 nitrogen and oxygen atoms in total. The maximum Gasteiger partial charge on any atom is 0.272 e. The van der Waals surface area contributed by atoms with Gasteiger partial charge in [-0.05, 0) is 73.5 Å². The average molecular weight is 501 g/mol. The third kappa shape index (κ3) is 4.69. The van der Waals surface area contributed by atoms with Gasteiger partial charge in [0.1, 0.15) is 11.4 Å². The summed E-state index contributed by atoms with van der Waals surface area (Å²) < 4.78 is 6.95. The Bertz CT molecular complexity index is 1390. The fourth-order valence-electron chi connectivity index (χ4n) is 4.51. The molecule has 4 aromatic rings. The Labute approximate surface area is 216 Å². The molecule has 0 saturated carbocycles. The summed E-state index contributed by atoms with van der Waals surface area (Å²) in [7, 11) is 1.66. The number of carbonyl (C=O) groups excluding carboxylic acids is 1. The quantitative estimate of drug-likeness (QED) is 0.348. The molecule has 3 aromatic carbocycles. The minimum Gasteiger partial charge on any atom is -0.497 e. The van der Waals surface area contributed by atoms with Crippen molar-refractivity contribution < 1.29 is 9.53 Å². The number of aromatic nitrogens is 2. The van der Waals surface area contributed by atoms with Gasteiger partial charge in [0.2, 0.25) is 0 Å². The van der Waals surface area contributed by atoms with Crippen LogP contribution in [0, 0.1) is 13.8 Å². The Morgan fingerprint density at radius 1 is 0.889 bits per heavy atom. The van der Waals surface area contributed by atoms with Crippen molar-refractivity contribution in [2.75, 3.05) is 38.2 Å². The van der Waals surface area contributed by atoms with Crippen LogP contribution in [0.2, 0.25) is 5.02 Å². The SMILES string of the molecule is COc1ccc(N2CCN(C(=O)c3cc(-c4ccc(C)c(C)c4)nn3-c3ccccc3Cl)CC2)cc1. The molecule has 1 aliphatic rings. The molecule has 184 valence electrons. The molecule has 1 amide bonds. The Hall–Kier alpha value is -3.77. The summed E-state index contributed by atoms with van der Waals surface area (Å²) >= 11 is 6.53. The number of hydrogen-bond acceptors (Lipinski definition) is 4. The maximum atomic E-state index is 13.8. The van der Waals surface area contributed by atoms with Crippen LogP contribution in [0.4, 0.5) is 5.69 Å². The number of anilines is 1. The number of nitrogens with zero attached hydrogens (tertiary/aromatic N) is 4. The first-order valence-electron chi connectivity index (χ1n) is 12.1. The van der Waals surface area contributed by atoms with Crippen LogP contribution < -0.4 is 9.64 Å². The summed E-state index contributed by atoms with van der Waals surface area (Å²) in [6.07, 6.45) is 0. The first-order chi connectivity index (χ1) is 17.4. The lowest BCUT2D eigenvalue weighted by Crippen LogP contribution is -2.49. The van der Waals surface area contributed by atoms with Crippen LogP contribution in [-0.2, 0) is 0 Å². The molecule has 1 fully saturated rings. The normalized spacial score (nSPS) is 13.7. The maximum absolute atomic E-state index is 13.8. The van der Waals surface area contributed by atoms with Gasteiger partial charge < -0.3 is 14.5 Å². The molecule has 0 unspecified atom stereocenters. The number of carbonyl (C=O) groups is 1. The molecule has 5 rings (SSSR count). The van der Waals surface area contributed by atoms with Crippen molar-refractivity contribution in [1.82, 2.24) is 14.7 Å². The lowest BCUT2D eigenvalue weighted by Gasteiger charge is -2.36. The van der Waals surface area contributed by atoms with Gasteiger partial charge in [0, 0.05) is 37.4 Å². The molecule has 7 heteroatoms. The number of piperazine rings is 1. The molecule has 0 atom stereocenters. The third-order valence-corrected chi connectivity index (χ3v) is 7.14. The van der Waals surface area contributed by atoms with E-state index in [1.165, 1.54) is 11.1 Å². The number of amides is 1. The summed E-state index contributed by atoms with van der Waals surface area (Å²) in [6, 6.07) is 23.6. The van der Waals surface area contributed by atoms with Gasteiger partial charge in [-0.15, -0.1) is 0 Å². The molecule has 0 aliphatic carbocycles. The lowest BCUT2D eigenvalue weighted by atomic mass is 10.0. The first kappa shape index (κ1) is 23.9. The van der Waals surface area contributed by atoms with Gasteiger partial charge in [0.05, 0.1) is 23.5 Å². The van der Waals surface area contributed by atoms with Crippen LogP contribution in [0.25, 0.3) is 16.9 Å². The summed E-state index contributed by atoms with van der Waals surface area (Å²) in [5.41, 5.74) is 6.45. The van der Waals surface area contributed by atoms with Crippen LogP contribution in [0.5, 0.6) is 5.75 Å². The Kier molecular flexibility index (Phi) is 6.70. The smallest absolute Gasteiger partial charge is 0.272 e. The lowest BCUT2D eigenvalue weighted by molar-refractivity contribution is 0.0737. The number of rotatable bonds is 5. The van der Waals surface area contributed by atoms with Crippen LogP contribution >= 0.6 is 11.6 Å². The van der Waals surface area contributed by atoms with Gasteiger partial charge in [-0.3, -0.25) is 4.79 Å². The predicted octanol–water partition coefficient (Wildman–Crippen LogP) is 5.78. The van der Waals surface area contributed by atoms with E-state index in [2.05, 4.69) is 43.0 Å². The number of hydrogen-bond donors (Lipinski definition) is 0. The van der Waals surface area contributed by atoms with E-state index in [9.17, 15) is 4.79 Å². The fourth-order valence-corrected chi connectivity index (χ4v) is 4.72. The second-order valence-electron chi connectivity index (χ2n) is 9.05. The van der Waals surface area contributed by atoms with E-state index in [0.29, 0.717) is 29.5 Å². The van der Waals surface area contributed by atoms with E-state index in [1.54, 1.807) is 11.8 Å². The van der Waals surface area contributed by atoms with Crippen molar-refractivity contribution in [2.45, 2.75) is 13.8 Å². The zero-order valence-corrected chi connectivity index (χ0v) is 21.5. The molecular weight excluding hydrogens is 472 g/mol. The Morgan fingerprint density at radius 3 is 2.28 bits per heavy atom. The number of methoxy groups -OCH3 is 1. The van der Waals surface area contributed by atoms with Crippen molar-refractivity contribution in [1.29, 1.82) is 0 Å². The van der Waals surface area contributed by atoms with Crippen LogP contribution in [0.1, 0.15) is 21.6 Å². The fraction of sp³-hybridized carbons (Fsp3) is 0.241.